The summed E-state index contributed by atoms with van der Waals surface area (Å²) in [6.07, 6.45) is -0.593. The first-order chi connectivity index (χ1) is 21.5. The number of phenolic OH excluding ortho intramolecular Hbond substituents is 1. The number of fused-ring (bicyclic) bond motifs is 1. The summed E-state index contributed by atoms with van der Waals surface area (Å²) in [5.41, 5.74) is 2.43. The molecule has 6 nitrogen and oxygen atoms in total. The van der Waals surface area contributed by atoms with Crippen LogP contribution >= 0.6 is 0 Å². The van der Waals surface area contributed by atoms with Crippen LogP contribution in [0.3, 0.4) is 0 Å². The number of phenols is 1. The Labute approximate surface area is 269 Å². The molecule has 0 fully saturated rings. The van der Waals surface area contributed by atoms with Crippen LogP contribution in [0, 0.1) is 0 Å². The van der Waals surface area contributed by atoms with Gasteiger partial charge in [-0.3, -0.25) is 0 Å². The minimum absolute atomic E-state index is 0.0280. The number of aromatic nitrogens is 3. The Morgan fingerprint density at radius 3 is 2.24 bits per heavy atom. The Hall–Kier alpha value is -4.14. The molecule has 1 atom stereocenters. The first-order valence-corrected chi connectivity index (χ1v) is 15.7. The zero-order valence-electron chi connectivity index (χ0n) is 27.8. The number of esters is 1. The molecule has 0 aliphatic carbocycles. The SMILES string of the molecule is C=C(C)C(=O)OCC(C)c1c(O)c(-n2nc3ccc(C(F)(F)F)cc3n2)cc(C(C)(C)CCCCC)c1C(C)(C)c1ccccc1. The largest absolute Gasteiger partial charge is 0.505 e. The van der Waals surface area contributed by atoms with Crippen molar-refractivity contribution in [3.05, 3.63) is 94.6 Å². The molecule has 0 spiro atoms. The van der Waals surface area contributed by atoms with Gasteiger partial charge in [-0.1, -0.05) is 97.7 Å². The molecule has 46 heavy (non-hydrogen) atoms. The van der Waals surface area contributed by atoms with Crippen molar-refractivity contribution in [1.29, 1.82) is 0 Å². The highest BCUT2D eigenvalue weighted by Crippen LogP contribution is 2.49. The normalized spacial score (nSPS) is 13.2. The zero-order valence-corrected chi connectivity index (χ0v) is 27.8. The van der Waals surface area contributed by atoms with Crippen molar-refractivity contribution in [2.75, 3.05) is 6.61 Å². The van der Waals surface area contributed by atoms with E-state index in [0.717, 1.165) is 54.5 Å². The van der Waals surface area contributed by atoms with Crippen molar-refractivity contribution >= 4 is 17.0 Å². The van der Waals surface area contributed by atoms with Crippen LogP contribution in [-0.4, -0.2) is 32.7 Å². The predicted octanol–water partition coefficient (Wildman–Crippen LogP) is 9.55. The van der Waals surface area contributed by atoms with Gasteiger partial charge in [0.25, 0.3) is 0 Å². The number of halogens is 3. The number of alkyl halides is 3. The Morgan fingerprint density at radius 1 is 0.978 bits per heavy atom. The average molecular weight is 636 g/mol. The van der Waals surface area contributed by atoms with Gasteiger partial charge in [0.05, 0.1) is 12.2 Å². The van der Waals surface area contributed by atoms with E-state index >= 15 is 0 Å². The highest BCUT2D eigenvalue weighted by Gasteiger charge is 2.38. The average Bonchev–Trinajstić information content (AvgIpc) is 3.42. The van der Waals surface area contributed by atoms with Gasteiger partial charge in [0.15, 0.2) is 0 Å². The highest BCUT2D eigenvalue weighted by atomic mass is 19.4. The molecule has 1 heterocycles. The van der Waals surface area contributed by atoms with Crippen molar-refractivity contribution in [1.82, 2.24) is 15.0 Å². The number of nitrogens with zero attached hydrogens (tertiary/aromatic N) is 3. The molecule has 0 radical (unpaired) electrons. The maximum absolute atomic E-state index is 13.5. The van der Waals surface area contributed by atoms with Crippen LogP contribution in [0.1, 0.15) is 108 Å². The van der Waals surface area contributed by atoms with Crippen LogP contribution in [0.5, 0.6) is 5.75 Å². The van der Waals surface area contributed by atoms with E-state index in [4.69, 9.17) is 4.74 Å². The van der Waals surface area contributed by atoms with E-state index in [1.807, 2.05) is 43.3 Å². The molecule has 0 aliphatic heterocycles. The number of rotatable bonds is 12. The second kappa shape index (κ2) is 13.3. The Morgan fingerprint density at radius 2 is 1.63 bits per heavy atom. The molecule has 0 aliphatic rings. The number of carbonyl (C=O) groups excluding carboxylic acids is 1. The van der Waals surface area contributed by atoms with Crippen LogP contribution in [0.15, 0.2) is 66.7 Å². The Balaban J connectivity index is 2.05. The fourth-order valence-corrected chi connectivity index (χ4v) is 6.07. The van der Waals surface area contributed by atoms with Crippen molar-refractivity contribution in [2.24, 2.45) is 0 Å². The van der Waals surface area contributed by atoms with E-state index in [1.54, 1.807) is 6.92 Å². The summed E-state index contributed by atoms with van der Waals surface area (Å²) in [6, 6.07) is 15.1. The lowest BCUT2D eigenvalue weighted by Crippen LogP contribution is -2.31. The van der Waals surface area contributed by atoms with Gasteiger partial charge in [-0.25, -0.2) is 4.79 Å². The molecule has 4 rings (SSSR count). The van der Waals surface area contributed by atoms with E-state index in [0.29, 0.717) is 5.56 Å². The number of carbonyl (C=O) groups is 1. The Kier molecular flexibility index (Phi) is 10.0. The summed E-state index contributed by atoms with van der Waals surface area (Å²) in [6.45, 7) is 17.8. The summed E-state index contributed by atoms with van der Waals surface area (Å²) < 4.78 is 46.1. The van der Waals surface area contributed by atoms with Crippen LogP contribution in [0.4, 0.5) is 13.2 Å². The Bertz CT molecular complexity index is 1720. The summed E-state index contributed by atoms with van der Waals surface area (Å²) in [5, 5.41) is 21.1. The van der Waals surface area contributed by atoms with Crippen LogP contribution in [0.25, 0.3) is 16.7 Å². The molecule has 246 valence electrons. The highest BCUT2D eigenvalue weighted by molar-refractivity contribution is 5.87. The first kappa shape index (κ1) is 34.7. The van der Waals surface area contributed by atoms with E-state index < -0.39 is 34.5 Å². The van der Waals surface area contributed by atoms with Gasteiger partial charge < -0.3 is 9.84 Å². The van der Waals surface area contributed by atoms with Crippen molar-refractivity contribution in [2.45, 2.75) is 97.1 Å². The molecule has 0 saturated carbocycles. The molecular weight excluding hydrogens is 591 g/mol. The molecule has 9 heteroatoms. The zero-order chi connectivity index (χ0) is 34.0. The quantitative estimate of drug-likeness (QED) is 0.0953. The van der Waals surface area contributed by atoms with Gasteiger partial charge in [0.1, 0.15) is 22.5 Å². The van der Waals surface area contributed by atoms with Gasteiger partial charge in [-0.05, 0) is 59.7 Å². The molecule has 1 aromatic heterocycles. The summed E-state index contributed by atoms with van der Waals surface area (Å²) in [5.74, 6) is -1.14. The molecule has 0 saturated heterocycles. The second-order valence-corrected chi connectivity index (χ2v) is 13.4. The number of hydrogen-bond acceptors (Lipinski definition) is 5. The minimum atomic E-state index is -4.54. The third-order valence-corrected chi connectivity index (χ3v) is 8.80. The lowest BCUT2D eigenvalue weighted by atomic mass is 9.66. The summed E-state index contributed by atoms with van der Waals surface area (Å²) in [4.78, 5) is 13.6. The number of benzene rings is 3. The van der Waals surface area contributed by atoms with Gasteiger partial charge in [-0.2, -0.15) is 13.2 Å². The summed E-state index contributed by atoms with van der Waals surface area (Å²) >= 11 is 0. The summed E-state index contributed by atoms with van der Waals surface area (Å²) in [7, 11) is 0. The molecule has 4 aromatic rings. The molecule has 1 unspecified atom stereocenters. The monoisotopic (exact) mass is 635 g/mol. The number of unbranched alkanes of at least 4 members (excludes halogenated alkanes) is 2. The van der Waals surface area contributed by atoms with Gasteiger partial charge in [-0.15, -0.1) is 15.0 Å². The van der Waals surface area contributed by atoms with E-state index in [-0.39, 0.29) is 34.7 Å². The lowest BCUT2D eigenvalue weighted by Gasteiger charge is -2.39. The smallest absolute Gasteiger partial charge is 0.416 e. The minimum Gasteiger partial charge on any atom is -0.505 e. The van der Waals surface area contributed by atoms with Gasteiger partial charge in [0, 0.05) is 22.5 Å². The lowest BCUT2D eigenvalue weighted by molar-refractivity contribution is -0.139. The number of hydrogen-bond donors (Lipinski definition) is 1. The van der Waals surface area contributed by atoms with E-state index in [1.165, 1.54) is 10.9 Å². The van der Waals surface area contributed by atoms with Crippen molar-refractivity contribution < 1.29 is 27.8 Å². The first-order valence-electron chi connectivity index (χ1n) is 15.7. The van der Waals surface area contributed by atoms with E-state index in [2.05, 4.69) is 51.4 Å². The number of ether oxygens (including phenoxy) is 1. The molecule has 0 bridgehead atoms. The number of aromatic hydroxyl groups is 1. The maximum Gasteiger partial charge on any atom is 0.416 e. The third-order valence-electron chi connectivity index (χ3n) is 8.80. The molecule has 0 amide bonds. The molecule has 1 N–H and O–H groups in total. The van der Waals surface area contributed by atoms with Crippen molar-refractivity contribution in [3.8, 4) is 11.4 Å². The van der Waals surface area contributed by atoms with Crippen LogP contribution in [-0.2, 0) is 26.5 Å². The van der Waals surface area contributed by atoms with Crippen molar-refractivity contribution in [3.63, 3.8) is 0 Å². The van der Waals surface area contributed by atoms with Gasteiger partial charge >= 0.3 is 12.1 Å². The van der Waals surface area contributed by atoms with Gasteiger partial charge in [0.2, 0.25) is 0 Å². The maximum atomic E-state index is 13.5. The topological polar surface area (TPSA) is 77.2 Å². The second-order valence-electron chi connectivity index (χ2n) is 13.4. The molecular formula is C37H44F3N3O3. The third kappa shape index (κ3) is 7.13. The van der Waals surface area contributed by atoms with Crippen LogP contribution in [0.2, 0.25) is 0 Å². The molecule has 3 aromatic carbocycles. The fourth-order valence-electron chi connectivity index (χ4n) is 6.07. The van der Waals surface area contributed by atoms with Crippen LogP contribution < -0.4 is 0 Å². The van der Waals surface area contributed by atoms with E-state index in [9.17, 15) is 23.1 Å². The predicted molar refractivity (Wildman–Crippen MR) is 175 cm³/mol. The standard InChI is InChI=1S/C37H44F3N3O3/c1-9-10-14-19-35(5,6)27-21-30(43-41-28-18-17-26(37(38,39)40)20-29(28)42-43)33(44)31(24(4)22-46-34(45)23(2)3)32(27)36(7,8)25-15-12-11-13-16-25/h11-13,15-18,20-21,24,44H,2,9-10,14,19,22H2,1,3-8H3. The fraction of sp³-hybridized carbons (Fsp3) is 0.432.